The number of alkyl halides is 2. The van der Waals surface area contributed by atoms with Gasteiger partial charge in [-0.05, 0) is 68.0 Å². The van der Waals surface area contributed by atoms with Crippen LogP contribution in [0.4, 0.5) is 14.5 Å². The predicted octanol–water partition coefficient (Wildman–Crippen LogP) is 3.56. The number of nitrogens with zero attached hydrogens (tertiary/aromatic N) is 5. The third-order valence-electron chi connectivity index (χ3n) is 6.94. The summed E-state index contributed by atoms with van der Waals surface area (Å²) in [5.41, 5.74) is 1.31. The molecule has 0 unspecified atom stereocenters. The Labute approximate surface area is 216 Å². The second-order valence-electron chi connectivity index (χ2n) is 9.56. The minimum Gasteiger partial charge on any atom is -0.362 e. The topological polar surface area (TPSA) is 107 Å². The van der Waals surface area contributed by atoms with E-state index in [2.05, 4.69) is 32.3 Å². The van der Waals surface area contributed by atoms with E-state index in [0.717, 1.165) is 17.4 Å². The summed E-state index contributed by atoms with van der Waals surface area (Å²) in [4.78, 5) is 21.6. The van der Waals surface area contributed by atoms with Crippen LogP contribution in [0.3, 0.4) is 0 Å². The lowest BCUT2D eigenvalue weighted by atomic mass is 9.77. The molecule has 0 aliphatic heterocycles. The first-order chi connectivity index (χ1) is 17.7. The van der Waals surface area contributed by atoms with Gasteiger partial charge in [-0.1, -0.05) is 24.2 Å². The fraction of sp³-hybridized carbons (Fsp3) is 0.346. The lowest BCUT2D eigenvalue weighted by Gasteiger charge is -2.36. The summed E-state index contributed by atoms with van der Waals surface area (Å²) in [6, 6.07) is 7.10. The van der Waals surface area contributed by atoms with Gasteiger partial charge in [0.1, 0.15) is 23.9 Å². The molecule has 11 heteroatoms. The van der Waals surface area contributed by atoms with Crippen LogP contribution < -0.4 is 21.3 Å². The van der Waals surface area contributed by atoms with Crippen LogP contribution in [0.2, 0.25) is 5.02 Å². The van der Waals surface area contributed by atoms with Gasteiger partial charge in [0.15, 0.2) is 11.1 Å². The first-order valence-electron chi connectivity index (χ1n) is 11.8. The molecule has 2 N–H and O–H groups in total. The van der Waals surface area contributed by atoms with Crippen molar-refractivity contribution in [3.05, 3.63) is 69.2 Å². The first kappa shape index (κ1) is 24.8. The molecule has 3 aromatic rings. The first-order valence-corrected chi connectivity index (χ1v) is 12.2. The third-order valence-corrected chi connectivity index (χ3v) is 7.17. The molecule has 2 aliphatic rings. The molecule has 2 saturated carbocycles. The van der Waals surface area contributed by atoms with Crippen molar-refractivity contribution in [1.82, 2.24) is 19.9 Å². The van der Waals surface area contributed by atoms with E-state index in [9.17, 15) is 18.8 Å². The van der Waals surface area contributed by atoms with Crippen LogP contribution in [0.25, 0.3) is 11.7 Å². The number of carbonyl (C=O) groups excluding carboxylic acids is 1. The number of fused-ring (bicyclic) bond motifs is 1. The quantitative estimate of drug-likeness (QED) is 0.492. The van der Waals surface area contributed by atoms with E-state index in [1.165, 1.54) is 19.0 Å². The number of rotatable bonds is 7. The number of benzene rings is 1. The largest absolute Gasteiger partial charge is 0.362 e. The van der Waals surface area contributed by atoms with Gasteiger partial charge >= 0.3 is 0 Å². The van der Waals surface area contributed by atoms with Gasteiger partial charge in [-0.15, -0.1) is 0 Å². The van der Waals surface area contributed by atoms with Gasteiger partial charge in [-0.2, -0.15) is 14.9 Å². The highest BCUT2D eigenvalue weighted by Crippen LogP contribution is 2.60. The van der Waals surface area contributed by atoms with Crippen molar-refractivity contribution in [2.45, 2.75) is 45.1 Å². The Morgan fingerprint density at radius 3 is 2.84 bits per heavy atom. The Morgan fingerprint density at radius 2 is 2.19 bits per heavy atom. The zero-order valence-corrected chi connectivity index (χ0v) is 20.8. The van der Waals surface area contributed by atoms with Gasteiger partial charge < -0.3 is 10.6 Å². The Bertz CT molecular complexity index is 1580. The maximum atomic E-state index is 13.7. The number of halogens is 3. The molecule has 37 heavy (non-hydrogen) atoms. The molecule has 2 aliphatic carbocycles. The van der Waals surface area contributed by atoms with Crippen molar-refractivity contribution in [2.75, 3.05) is 11.9 Å². The van der Waals surface area contributed by atoms with Crippen molar-refractivity contribution in [1.29, 1.82) is 5.26 Å². The molecule has 2 fully saturated rings. The van der Waals surface area contributed by atoms with Crippen molar-refractivity contribution in [3.63, 3.8) is 0 Å². The van der Waals surface area contributed by atoms with Crippen LogP contribution in [0.15, 0.2) is 36.0 Å². The molecule has 1 spiro atoms. The third kappa shape index (κ3) is 4.79. The van der Waals surface area contributed by atoms with E-state index in [-0.39, 0.29) is 35.2 Å². The van der Waals surface area contributed by atoms with E-state index in [0.29, 0.717) is 32.6 Å². The van der Waals surface area contributed by atoms with Crippen LogP contribution in [0.5, 0.6) is 0 Å². The number of anilines is 1. The van der Waals surface area contributed by atoms with E-state index in [4.69, 9.17) is 11.6 Å². The van der Waals surface area contributed by atoms with Crippen LogP contribution in [-0.2, 0) is 4.79 Å². The highest BCUT2D eigenvalue weighted by molar-refractivity contribution is 6.30. The number of nitrogens with one attached hydrogen (secondary N) is 2. The summed E-state index contributed by atoms with van der Waals surface area (Å²) in [5.74, 6) is -0.267. The summed E-state index contributed by atoms with van der Waals surface area (Å²) >= 11 is 6.15. The minimum absolute atomic E-state index is 0.0400. The van der Waals surface area contributed by atoms with Crippen LogP contribution >= 0.6 is 11.6 Å². The molecule has 5 rings (SSSR count). The van der Waals surface area contributed by atoms with Gasteiger partial charge in [0.05, 0.1) is 5.69 Å². The molecule has 0 radical (unpaired) electrons. The van der Waals surface area contributed by atoms with Gasteiger partial charge in [0.25, 0.3) is 6.43 Å². The summed E-state index contributed by atoms with van der Waals surface area (Å²) in [6.45, 7) is 5.14. The molecule has 0 saturated heterocycles. The zero-order chi connectivity index (χ0) is 26.3. The Morgan fingerprint density at radius 1 is 1.43 bits per heavy atom. The second-order valence-corrected chi connectivity index (χ2v) is 9.99. The van der Waals surface area contributed by atoms with Gasteiger partial charge in [-0.25, -0.2) is 13.8 Å². The number of carbonyl (C=O) groups is 1. The summed E-state index contributed by atoms with van der Waals surface area (Å²) < 4.78 is 28.5. The van der Waals surface area contributed by atoms with Crippen molar-refractivity contribution in [2.24, 2.45) is 10.4 Å². The predicted molar refractivity (Wildman–Crippen MR) is 135 cm³/mol. The number of aryl methyl sites for hydroxylation is 1. The SMILES string of the molecule is C=CNc1cc(Cl)ccc1/C=c1\c(C)nc2c(C#N)c(C(F)F)nn2c1=NCC(=O)NC1CC2(CC2)C1. The molecule has 2 aromatic heterocycles. The van der Waals surface area contributed by atoms with Crippen LogP contribution in [0, 0.1) is 23.7 Å². The lowest BCUT2D eigenvalue weighted by molar-refractivity contribution is -0.121. The molecule has 0 bridgehead atoms. The Hall–Kier alpha value is -3.84. The molecular formula is C26H24ClF2N7O. The normalized spacial score (nSPS) is 17.2. The number of hydrogen-bond donors (Lipinski definition) is 2. The highest BCUT2D eigenvalue weighted by Gasteiger charge is 2.53. The number of amides is 1. The average molecular weight is 524 g/mol. The summed E-state index contributed by atoms with van der Waals surface area (Å²) in [6.07, 6.45) is 4.67. The smallest absolute Gasteiger partial charge is 0.283 e. The maximum absolute atomic E-state index is 13.7. The standard InChI is InChI=1S/C26H24ClF2N7O/c1-3-31-20-9-16(27)5-4-15(20)8-18-14(2)33-25-19(12-30)22(23(28)29)35-36(25)24(18)32-13-21(37)34-17-10-26(11-17)6-7-26/h3-5,8-9,17,23,31H,1,6-7,10-11,13H2,2H3,(H,34,37)/b18-8+,32-24?. The molecule has 1 aromatic carbocycles. The van der Waals surface area contributed by atoms with Gasteiger partial charge in [0, 0.05) is 22.0 Å². The zero-order valence-electron chi connectivity index (χ0n) is 20.1. The highest BCUT2D eigenvalue weighted by atomic mass is 35.5. The van der Waals surface area contributed by atoms with Crippen molar-refractivity contribution < 1.29 is 13.6 Å². The second kappa shape index (κ2) is 9.56. The van der Waals surface area contributed by atoms with Gasteiger partial charge in [0.2, 0.25) is 5.91 Å². The summed E-state index contributed by atoms with van der Waals surface area (Å²) in [5, 5.41) is 20.5. The van der Waals surface area contributed by atoms with Crippen LogP contribution in [-0.4, -0.2) is 33.1 Å². The Balaban J connectivity index is 1.65. The maximum Gasteiger partial charge on any atom is 0.283 e. The fourth-order valence-corrected chi connectivity index (χ4v) is 5.06. The van der Waals surface area contributed by atoms with Crippen molar-refractivity contribution in [3.8, 4) is 6.07 Å². The monoisotopic (exact) mass is 523 g/mol. The fourth-order valence-electron chi connectivity index (χ4n) is 4.89. The van der Waals surface area contributed by atoms with Gasteiger partial charge in [-0.3, -0.25) is 9.79 Å². The lowest BCUT2D eigenvalue weighted by Crippen LogP contribution is -2.46. The molecule has 2 heterocycles. The summed E-state index contributed by atoms with van der Waals surface area (Å²) in [7, 11) is 0. The molecule has 8 nitrogen and oxygen atoms in total. The Kier molecular flexibility index (Phi) is 6.42. The number of aromatic nitrogens is 3. The molecule has 0 atom stereocenters. The average Bonchev–Trinajstić information content (AvgIpc) is 3.54. The van der Waals surface area contributed by atoms with E-state index < -0.39 is 12.1 Å². The minimum atomic E-state index is -2.98. The van der Waals surface area contributed by atoms with E-state index in [1.54, 1.807) is 37.3 Å². The van der Waals surface area contributed by atoms with Crippen molar-refractivity contribution >= 4 is 34.9 Å². The number of nitriles is 1. The number of hydrogen-bond acceptors (Lipinski definition) is 6. The molecule has 1 amide bonds. The van der Waals surface area contributed by atoms with E-state index >= 15 is 0 Å². The van der Waals surface area contributed by atoms with E-state index in [1.807, 2.05) is 0 Å². The molecular weight excluding hydrogens is 500 g/mol. The molecule has 190 valence electrons. The van der Waals surface area contributed by atoms with Crippen LogP contribution in [0.1, 0.15) is 54.6 Å².